The molecule has 0 aliphatic rings. The summed E-state index contributed by atoms with van der Waals surface area (Å²) in [5.74, 6) is 0.384. The molecular weight excluding hydrogens is 347 g/mol. The van der Waals surface area contributed by atoms with Crippen molar-refractivity contribution in [1.29, 1.82) is 0 Å². The molecule has 1 aromatic heterocycles. The van der Waals surface area contributed by atoms with E-state index >= 15 is 0 Å². The summed E-state index contributed by atoms with van der Waals surface area (Å²) < 4.78 is 6.68. The summed E-state index contributed by atoms with van der Waals surface area (Å²) in [4.78, 5) is 15.9. The summed E-state index contributed by atoms with van der Waals surface area (Å²) in [7, 11) is 1.36. The van der Waals surface area contributed by atoms with Crippen LogP contribution in [0.15, 0.2) is 54.9 Å². The summed E-state index contributed by atoms with van der Waals surface area (Å²) in [5.41, 5.74) is 2.32. The second-order valence-electron chi connectivity index (χ2n) is 5.19. The molecule has 0 spiro atoms. The number of hydrogen-bond donors (Lipinski definition) is 0. The number of hydrogen-bond acceptors (Lipinski definition) is 3. The molecule has 0 N–H and O–H groups in total. The third-order valence-corrected chi connectivity index (χ3v) is 4.18. The Morgan fingerprint density at radius 2 is 1.92 bits per heavy atom. The predicted octanol–water partition coefficient (Wildman–Crippen LogP) is 4.69. The van der Waals surface area contributed by atoms with E-state index in [0.29, 0.717) is 22.2 Å². The number of carbonyl (C=O) groups excluding carboxylic acids is 1. The van der Waals surface area contributed by atoms with Crippen molar-refractivity contribution in [2.75, 3.05) is 7.11 Å². The Morgan fingerprint density at radius 3 is 2.62 bits per heavy atom. The van der Waals surface area contributed by atoms with Gasteiger partial charge in [0.25, 0.3) is 0 Å². The topological polar surface area (TPSA) is 44.1 Å². The van der Waals surface area contributed by atoms with Crippen molar-refractivity contribution in [2.45, 2.75) is 6.54 Å². The average Bonchev–Trinajstić information content (AvgIpc) is 3.05. The highest BCUT2D eigenvalue weighted by Crippen LogP contribution is 2.29. The minimum Gasteiger partial charge on any atom is -0.465 e. The summed E-state index contributed by atoms with van der Waals surface area (Å²) in [6, 6.07) is 12.5. The zero-order valence-corrected chi connectivity index (χ0v) is 14.4. The normalized spacial score (nSPS) is 10.6. The van der Waals surface area contributed by atoms with Gasteiger partial charge in [0.05, 0.1) is 17.7 Å². The molecule has 6 heteroatoms. The van der Waals surface area contributed by atoms with Gasteiger partial charge in [0.1, 0.15) is 5.82 Å². The van der Waals surface area contributed by atoms with Crippen LogP contribution >= 0.6 is 23.2 Å². The predicted molar refractivity (Wildman–Crippen MR) is 94.6 cm³/mol. The van der Waals surface area contributed by atoms with Crippen molar-refractivity contribution >= 4 is 29.2 Å². The first-order valence-electron chi connectivity index (χ1n) is 7.22. The fourth-order valence-electron chi connectivity index (χ4n) is 2.41. The number of nitrogens with zero attached hydrogens (tertiary/aromatic N) is 2. The van der Waals surface area contributed by atoms with Crippen LogP contribution in [0.2, 0.25) is 10.0 Å². The molecule has 0 radical (unpaired) electrons. The highest BCUT2D eigenvalue weighted by Gasteiger charge is 2.11. The number of rotatable bonds is 4. The fourth-order valence-corrected chi connectivity index (χ4v) is 2.78. The van der Waals surface area contributed by atoms with E-state index in [-0.39, 0.29) is 5.97 Å². The molecule has 0 fully saturated rings. The summed E-state index contributed by atoms with van der Waals surface area (Å²) in [6.45, 7) is 0.597. The molecule has 122 valence electrons. The van der Waals surface area contributed by atoms with Gasteiger partial charge in [0, 0.05) is 29.5 Å². The Balaban J connectivity index is 1.88. The van der Waals surface area contributed by atoms with E-state index in [4.69, 9.17) is 27.9 Å². The van der Waals surface area contributed by atoms with Crippen LogP contribution in [0.25, 0.3) is 11.4 Å². The first-order chi connectivity index (χ1) is 11.6. The maximum atomic E-state index is 11.5. The molecule has 0 saturated carbocycles. The van der Waals surface area contributed by atoms with Crippen LogP contribution in [-0.2, 0) is 11.3 Å². The minimum atomic E-state index is -0.351. The average molecular weight is 361 g/mol. The first-order valence-corrected chi connectivity index (χ1v) is 7.98. The van der Waals surface area contributed by atoms with Gasteiger partial charge in [-0.1, -0.05) is 35.3 Å². The van der Waals surface area contributed by atoms with Crippen LogP contribution in [0.5, 0.6) is 0 Å². The zero-order valence-electron chi connectivity index (χ0n) is 12.9. The number of aromatic nitrogens is 2. The number of carbonyl (C=O) groups is 1. The van der Waals surface area contributed by atoms with Gasteiger partial charge in [-0.25, -0.2) is 9.78 Å². The number of methoxy groups -OCH3 is 1. The SMILES string of the molecule is COC(=O)c1ccc(Cn2ccnc2-c2cc(Cl)ccc2Cl)cc1. The quantitative estimate of drug-likeness (QED) is 0.633. The van der Waals surface area contributed by atoms with Gasteiger partial charge in [-0.2, -0.15) is 0 Å². The van der Waals surface area contributed by atoms with Gasteiger partial charge in [-0.05, 0) is 35.9 Å². The lowest BCUT2D eigenvalue weighted by Crippen LogP contribution is -2.04. The lowest BCUT2D eigenvalue weighted by atomic mass is 10.1. The van der Waals surface area contributed by atoms with Crippen LogP contribution in [0.3, 0.4) is 0 Å². The lowest BCUT2D eigenvalue weighted by Gasteiger charge is -2.10. The molecule has 0 unspecified atom stereocenters. The van der Waals surface area contributed by atoms with Crippen molar-refractivity contribution < 1.29 is 9.53 Å². The number of benzene rings is 2. The summed E-state index contributed by atoms with van der Waals surface area (Å²) in [5, 5.41) is 1.19. The largest absolute Gasteiger partial charge is 0.465 e. The van der Waals surface area contributed by atoms with E-state index in [0.717, 1.165) is 17.0 Å². The van der Waals surface area contributed by atoms with E-state index in [9.17, 15) is 4.79 Å². The van der Waals surface area contributed by atoms with Gasteiger partial charge < -0.3 is 9.30 Å². The second kappa shape index (κ2) is 7.07. The van der Waals surface area contributed by atoms with Crippen LogP contribution in [0.1, 0.15) is 15.9 Å². The standard InChI is InChI=1S/C18H14Cl2N2O2/c1-24-18(23)13-4-2-12(3-5-13)11-22-9-8-21-17(22)15-10-14(19)6-7-16(15)20/h2-10H,11H2,1H3. The fraction of sp³-hybridized carbons (Fsp3) is 0.111. The second-order valence-corrected chi connectivity index (χ2v) is 6.04. The Labute approximate surface area is 149 Å². The lowest BCUT2D eigenvalue weighted by molar-refractivity contribution is 0.0600. The smallest absolute Gasteiger partial charge is 0.337 e. The van der Waals surface area contributed by atoms with Crippen LogP contribution < -0.4 is 0 Å². The Kier molecular flexibility index (Phi) is 4.88. The molecule has 3 rings (SSSR count). The molecular formula is C18H14Cl2N2O2. The number of esters is 1. The molecule has 0 aliphatic heterocycles. The van der Waals surface area contributed by atoms with E-state index in [1.54, 1.807) is 36.5 Å². The molecule has 1 heterocycles. The van der Waals surface area contributed by atoms with Crippen molar-refractivity contribution in [3.8, 4) is 11.4 Å². The minimum absolute atomic E-state index is 0.351. The Bertz CT molecular complexity index is 873. The van der Waals surface area contributed by atoms with Crippen LogP contribution in [0, 0.1) is 0 Å². The molecule has 0 amide bonds. The molecule has 0 saturated heterocycles. The number of halogens is 2. The highest BCUT2D eigenvalue weighted by molar-refractivity contribution is 6.35. The summed E-state index contributed by atoms with van der Waals surface area (Å²) in [6.07, 6.45) is 3.59. The Morgan fingerprint density at radius 1 is 1.17 bits per heavy atom. The molecule has 3 aromatic rings. The third-order valence-electron chi connectivity index (χ3n) is 3.61. The van der Waals surface area contributed by atoms with Gasteiger partial charge in [-0.15, -0.1) is 0 Å². The van der Waals surface area contributed by atoms with Crippen LogP contribution in [-0.4, -0.2) is 22.6 Å². The third kappa shape index (κ3) is 3.45. The van der Waals surface area contributed by atoms with Gasteiger partial charge in [-0.3, -0.25) is 0 Å². The summed E-state index contributed by atoms with van der Waals surface area (Å²) >= 11 is 12.3. The molecule has 0 atom stereocenters. The van der Waals surface area contributed by atoms with E-state index in [1.807, 2.05) is 22.9 Å². The molecule has 24 heavy (non-hydrogen) atoms. The maximum Gasteiger partial charge on any atom is 0.337 e. The maximum absolute atomic E-state index is 11.5. The van der Waals surface area contributed by atoms with Crippen LogP contribution in [0.4, 0.5) is 0 Å². The van der Waals surface area contributed by atoms with E-state index < -0.39 is 0 Å². The van der Waals surface area contributed by atoms with E-state index in [1.165, 1.54) is 7.11 Å². The van der Waals surface area contributed by atoms with Gasteiger partial charge in [0.2, 0.25) is 0 Å². The van der Waals surface area contributed by atoms with Crippen molar-refractivity contribution in [1.82, 2.24) is 9.55 Å². The molecule has 0 bridgehead atoms. The monoisotopic (exact) mass is 360 g/mol. The molecule has 2 aromatic carbocycles. The van der Waals surface area contributed by atoms with Gasteiger partial charge in [0.15, 0.2) is 0 Å². The van der Waals surface area contributed by atoms with Crippen molar-refractivity contribution in [3.63, 3.8) is 0 Å². The number of imidazole rings is 1. The highest BCUT2D eigenvalue weighted by atomic mass is 35.5. The molecule has 4 nitrogen and oxygen atoms in total. The molecule has 0 aliphatic carbocycles. The van der Waals surface area contributed by atoms with Crippen molar-refractivity contribution in [3.05, 3.63) is 76.0 Å². The Hall–Kier alpha value is -2.30. The first kappa shape index (κ1) is 16.6. The number of ether oxygens (including phenoxy) is 1. The van der Waals surface area contributed by atoms with Crippen molar-refractivity contribution in [2.24, 2.45) is 0 Å². The zero-order chi connectivity index (χ0) is 17.1. The van der Waals surface area contributed by atoms with Gasteiger partial charge >= 0.3 is 5.97 Å². The van der Waals surface area contributed by atoms with E-state index in [2.05, 4.69) is 4.98 Å².